The van der Waals surface area contributed by atoms with Crippen molar-refractivity contribution in [3.05, 3.63) is 51.6 Å². The van der Waals surface area contributed by atoms with E-state index in [0.717, 1.165) is 20.6 Å². The van der Waals surface area contributed by atoms with Crippen LogP contribution in [0.2, 0.25) is 0 Å². The van der Waals surface area contributed by atoms with E-state index in [1.54, 1.807) is 11.3 Å². The number of rotatable bonds is 6. The Hall–Kier alpha value is -1.99. The molecule has 0 aliphatic heterocycles. The minimum absolute atomic E-state index is 0.0243. The minimum Gasteiger partial charge on any atom is -0.339 e. The Bertz CT molecular complexity index is 830. The van der Waals surface area contributed by atoms with Crippen molar-refractivity contribution in [3.63, 3.8) is 0 Å². The molecule has 1 amide bonds. The number of aryl methyl sites for hydroxylation is 2. The lowest BCUT2D eigenvalue weighted by molar-refractivity contribution is -0.116. The number of anilines is 1. The van der Waals surface area contributed by atoms with E-state index in [1.807, 2.05) is 42.6 Å². The van der Waals surface area contributed by atoms with Crippen LogP contribution in [0.1, 0.15) is 24.3 Å². The summed E-state index contributed by atoms with van der Waals surface area (Å²) in [6.07, 6.45) is 1.65. The lowest BCUT2D eigenvalue weighted by atomic mass is 10.2. The van der Waals surface area contributed by atoms with Crippen LogP contribution in [-0.2, 0) is 11.2 Å². The average molecular weight is 406 g/mol. The SMILES string of the molecule is Cc1ccc(NC(=O)CCCc2nc(-c3cccs3)no2)cc1Br. The van der Waals surface area contributed by atoms with Gasteiger partial charge < -0.3 is 9.84 Å². The normalized spacial score (nSPS) is 10.8. The second kappa shape index (κ2) is 7.72. The van der Waals surface area contributed by atoms with Crippen molar-refractivity contribution in [1.29, 1.82) is 0 Å². The zero-order chi connectivity index (χ0) is 16.9. The summed E-state index contributed by atoms with van der Waals surface area (Å²) in [7, 11) is 0. The van der Waals surface area contributed by atoms with Gasteiger partial charge in [0.15, 0.2) is 0 Å². The molecule has 0 spiro atoms. The summed E-state index contributed by atoms with van der Waals surface area (Å²) in [4.78, 5) is 17.3. The van der Waals surface area contributed by atoms with Gasteiger partial charge in [-0.15, -0.1) is 11.3 Å². The number of aromatic nitrogens is 2. The molecular weight excluding hydrogens is 390 g/mol. The number of hydrogen-bond donors (Lipinski definition) is 1. The summed E-state index contributed by atoms with van der Waals surface area (Å²) in [5.41, 5.74) is 1.92. The van der Waals surface area contributed by atoms with Gasteiger partial charge in [0.05, 0.1) is 4.88 Å². The van der Waals surface area contributed by atoms with Crippen LogP contribution in [0.5, 0.6) is 0 Å². The predicted molar refractivity (Wildman–Crippen MR) is 98.1 cm³/mol. The maximum atomic E-state index is 12.0. The van der Waals surface area contributed by atoms with Crippen molar-refractivity contribution in [2.75, 3.05) is 5.32 Å². The Morgan fingerprint density at radius 1 is 1.38 bits per heavy atom. The van der Waals surface area contributed by atoms with Crippen LogP contribution in [0.15, 0.2) is 44.7 Å². The zero-order valence-electron chi connectivity index (χ0n) is 13.1. The number of carbonyl (C=O) groups excluding carboxylic acids is 1. The Balaban J connectivity index is 1.47. The molecule has 0 atom stereocenters. The summed E-state index contributed by atoms with van der Waals surface area (Å²) in [5, 5.41) is 8.82. The van der Waals surface area contributed by atoms with E-state index in [2.05, 4.69) is 31.4 Å². The van der Waals surface area contributed by atoms with Crippen LogP contribution in [-0.4, -0.2) is 16.0 Å². The third kappa shape index (κ3) is 4.30. The third-order valence-electron chi connectivity index (χ3n) is 3.46. The maximum absolute atomic E-state index is 12.0. The van der Waals surface area contributed by atoms with Crippen LogP contribution >= 0.6 is 27.3 Å². The van der Waals surface area contributed by atoms with E-state index in [9.17, 15) is 4.79 Å². The number of thiophene rings is 1. The number of hydrogen-bond acceptors (Lipinski definition) is 5. The highest BCUT2D eigenvalue weighted by Gasteiger charge is 2.10. The summed E-state index contributed by atoms with van der Waals surface area (Å²) in [6, 6.07) is 9.66. The molecule has 2 heterocycles. The van der Waals surface area contributed by atoms with Gasteiger partial charge in [0.25, 0.3) is 0 Å². The second-order valence-electron chi connectivity index (χ2n) is 5.35. The monoisotopic (exact) mass is 405 g/mol. The number of nitrogens with zero attached hydrogens (tertiary/aromatic N) is 2. The van der Waals surface area contributed by atoms with Crippen molar-refractivity contribution in [1.82, 2.24) is 10.1 Å². The van der Waals surface area contributed by atoms with Gasteiger partial charge in [-0.05, 0) is 42.5 Å². The molecule has 3 aromatic rings. The molecule has 0 saturated carbocycles. The van der Waals surface area contributed by atoms with Gasteiger partial charge in [-0.1, -0.05) is 33.2 Å². The van der Waals surface area contributed by atoms with Gasteiger partial charge in [-0.2, -0.15) is 4.98 Å². The van der Waals surface area contributed by atoms with Gasteiger partial charge in [-0.3, -0.25) is 4.79 Å². The molecule has 0 aliphatic carbocycles. The van der Waals surface area contributed by atoms with Crippen LogP contribution in [0.4, 0.5) is 5.69 Å². The summed E-state index contributed by atoms with van der Waals surface area (Å²) >= 11 is 5.03. The first kappa shape index (κ1) is 16.9. The van der Waals surface area contributed by atoms with Crippen molar-refractivity contribution < 1.29 is 9.32 Å². The van der Waals surface area contributed by atoms with E-state index in [4.69, 9.17) is 4.52 Å². The molecule has 2 aromatic heterocycles. The van der Waals surface area contributed by atoms with E-state index in [-0.39, 0.29) is 5.91 Å². The molecule has 3 rings (SSSR count). The van der Waals surface area contributed by atoms with Crippen LogP contribution in [0, 0.1) is 6.92 Å². The number of amides is 1. The largest absolute Gasteiger partial charge is 0.339 e. The first-order valence-electron chi connectivity index (χ1n) is 7.54. The van der Waals surface area contributed by atoms with Crippen molar-refractivity contribution >= 4 is 38.9 Å². The van der Waals surface area contributed by atoms with E-state index in [1.165, 1.54) is 0 Å². The number of nitrogens with one attached hydrogen (secondary N) is 1. The maximum Gasteiger partial charge on any atom is 0.226 e. The highest BCUT2D eigenvalue weighted by molar-refractivity contribution is 9.10. The van der Waals surface area contributed by atoms with Gasteiger partial charge >= 0.3 is 0 Å². The molecule has 24 heavy (non-hydrogen) atoms. The fourth-order valence-corrected chi connectivity index (χ4v) is 3.18. The van der Waals surface area contributed by atoms with Crippen LogP contribution in [0.3, 0.4) is 0 Å². The second-order valence-corrected chi connectivity index (χ2v) is 7.16. The van der Waals surface area contributed by atoms with Crippen LogP contribution < -0.4 is 5.32 Å². The predicted octanol–water partition coefficient (Wildman–Crippen LogP) is 4.83. The molecule has 0 fully saturated rings. The molecule has 0 bridgehead atoms. The van der Waals surface area contributed by atoms with Gasteiger partial charge in [-0.25, -0.2) is 0 Å². The van der Waals surface area contributed by atoms with E-state index in [0.29, 0.717) is 31.0 Å². The smallest absolute Gasteiger partial charge is 0.226 e. The molecule has 7 heteroatoms. The van der Waals surface area contributed by atoms with E-state index >= 15 is 0 Å². The van der Waals surface area contributed by atoms with Crippen molar-refractivity contribution in [2.24, 2.45) is 0 Å². The minimum atomic E-state index is -0.0243. The van der Waals surface area contributed by atoms with Gasteiger partial charge in [0, 0.05) is 23.0 Å². The summed E-state index contributed by atoms with van der Waals surface area (Å²) < 4.78 is 6.20. The van der Waals surface area contributed by atoms with Gasteiger partial charge in [0.1, 0.15) is 0 Å². The first-order chi connectivity index (χ1) is 11.6. The number of halogens is 1. The topological polar surface area (TPSA) is 68.0 Å². The molecule has 0 saturated heterocycles. The molecule has 1 aromatic carbocycles. The molecule has 0 radical (unpaired) electrons. The van der Waals surface area contributed by atoms with Crippen LogP contribution in [0.25, 0.3) is 10.7 Å². The fourth-order valence-electron chi connectivity index (χ4n) is 2.16. The number of carbonyl (C=O) groups is 1. The molecule has 0 unspecified atom stereocenters. The lowest BCUT2D eigenvalue weighted by Gasteiger charge is -2.06. The Morgan fingerprint density at radius 2 is 2.25 bits per heavy atom. The molecule has 124 valence electrons. The first-order valence-corrected chi connectivity index (χ1v) is 9.21. The lowest BCUT2D eigenvalue weighted by Crippen LogP contribution is -2.11. The summed E-state index contributed by atoms with van der Waals surface area (Å²) in [5.74, 6) is 1.14. The third-order valence-corrected chi connectivity index (χ3v) is 5.18. The standard InChI is InChI=1S/C17H16BrN3O2S/c1-11-7-8-12(10-13(11)18)19-15(22)5-2-6-16-20-17(21-23-16)14-4-3-9-24-14/h3-4,7-10H,2,5-6H2,1H3,(H,19,22). The molecule has 5 nitrogen and oxygen atoms in total. The Labute approximate surface area is 152 Å². The average Bonchev–Trinajstić information content (AvgIpc) is 3.22. The molecule has 0 aliphatic rings. The number of benzene rings is 1. The molecule has 1 N–H and O–H groups in total. The fraction of sp³-hybridized carbons (Fsp3) is 0.235. The zero-order valence-corrected chi connectivity index (χ0v) is 15.5. The molecular formula is C17H16BrN3O2S. The quantitative estimate of drug-likeness (QED) is 0.637. The Kier molecular flexibility index (Phi) is 5.42. The highest BCUT2D eigenvalue weighted by Crippen LogP contribution is 2.22. The summed E-state index contributed by atoms with van der Waals surface area (Å²) in [6.45, 7) is 2.00. The Morgan fingerprint density at radius 3 is 3.00 bits per heavy atom. The van der Waals surface area contributed by atoms with Crippen molar-refractivity contribution in [3.8, 4) is 10.7 Å². The van der Waals surface area contributed by atoms with Crippen molar-refractivity contribution in [2.45, 2.75) is 26.2 Å². The van der Waals surface area contributed by atoms with Gasteiger partial charge in [0.2, 0.25) is 17.6 Å². The van der Waals surface area contributed by atoms with E-state index < -0.39 is 0 Å². The highest BCUT2D eigenvalue weighted by atomic mass is 79.9.